The van der Waals surface area contributed by atoms with Crippen LogP contribution >= 0.6 is 23.1 Å². The number of pyridine rings is 1. The lowest BCUT2D eigenvalue weighted by atomic mass is 10.4. The maximum absolute atomic E-state index is 10.9. The van der Waals surface area contributed by atoms with Gasteiger partial charge in [-0.15, -0.1) is 11.3 Å². The van der Waals surface area contributed by atoms with Crippen molar-refractivity contribution in [3.63, 3.8) is 0 Å². The summed E-state index contributed by atoms with van der Waals surface area (Å²) >= 11 is 2.75. The largest absolute Gasteiger partial charge is 0.308 e. The van der Waals surface area contributed by atoms with Gasteiger partial charge in [0.25, 0.3) is 0 Å². The second kappa shape index (κ2) is 5.13. The highest BCUT2D eigenvalue weighted by Crippen LogP contribution is 2.36. The molecule has 2 aromatic heterocycles. The van der Waals surface area contributed by atoms with Crippen molar-refractivity contribution in [3.8, 4) is 0 Å². The highest BCUT2D eigenvalue weighted by molar-refractivity contribution is 8.01. The quantitative estimate of drug-likeness (QED) is 0.502. The molecule has 17 heavy (non-hydrogen) atoms. The van der Waals surface area contributed by atoms with Gasteiger partial charge in [0.2, 0.25) is 0 Å². The first kappa shape index (κ1) is 11.8. The van der Waals surface area contributed by atoms with Crippen LogP contribution in [0.15, 0.2) is 38.9 Å². The molecule has 2 heterocycles. The summed E-state index contributed by atoms with van der Waals surface area (Å²) in [5, 5.41) is 13.1. The lowest BCUT2D eigenvalue weighted by Gasteiger charge is -2.03. The van der Waals surface area contributed by atoms with Gasteiger partial charge in [0.05, 0.1) is 9.13 Å². The normalized spacial score (nSPS) is 10.2. The third kappa shape index (κ3) is 2.73. The van der Waals surface area contributed by atoms with Gasteiger partial charge in [0.1, 0.15) is 5.82 Å². The fourth-order valence-electron chi connectivity index (χ4n) is 1.14. The minimum absolute atomic E-state index is 0.0256. The van der Waals surface area contributed by atoms with Gasteiger partial charge in [-0.25, -0.2) is 10.8 Å². The van der Waals surface area contributed by atoms with Crippen molar-refractivity contribution in [2.24, 2.45) is 5.84 Å². The monoisotopic (exact) mass is 268 g/mol. The molecule has 6 nitrogen and oxygen atoms in total. The second-order valence-electron chi connectivity index (χ2n) is 2.96. The number of nitrogens with one attached hydrogen (secondary N) is 1. The third-order valence-electron chi connectivity index (χ3n) is 1.88. The van der Waals surface area contributed by atoms with E-state index in [9.17, 15) is 10.1 Å². The van der Waals surface area contributed by atoms with Crippen LogP contribution in [0.5, 0.6) is 0 Å². The molecule has 0 saturated carbocycles. The van der Waals surface area contributed by atoms with E-state index in [-0.39, 0.29) is 5.69 Å². The van der Waals surface area contributed by atoms with E-state index in [1.807, 2.05) is 17.5 Å². The molecule has 8 heteroatoms. The maximum Gasteiger partial charge on any atom is 0.301 e. The zero-order chi connectivity index (χ0) is 12.3. The number of nitro groups is 1. The van der Waals surface area contributed by atoms with Crippen molar-refractivity contribution in [1.29, 1.82) is 0 Å². The molecule has 0 amide bonds. The summed E-state index contributed by atoms with van der Waals surface area (Å²) in [4.78, 5) is 14.5. The molecule has 2 rings (SSSR count). The molecule has 0 aliphatic heterocycles. The van der Waals surface area contributed by atoms with E-state index in [1.54, 1.807) is 0 Å². The fraction of sp³-hybridized carbons (Fsp3) is 0. The van der Waals surface area contributed by atoms with Crippen molar-refractivity contribution in [3.05, 3.63) is 39.8 Å². The van der Waals surface area contributed by atoms with E-state index in [4.69, 9.17) is 5.84 Å². The van der Waals surface area contributed by atoms with Gasteiger partial charge >= 0.3 is 5.69 Å². The van der Waals surface area contributed by atoms with Crippen LogP contribution in [0.25, 0.3) is 0 Å². The first-order chi connectivity index (χ1) is 8.20. The minimum atomic E-state index is -0.455. The molecule has 0 spiro atoms. The summed E-state index contributed by atoms with van der Waals surface area (Å²) < 4.78 is 0.940. The Morgan fingerprint density at radius 2 is 2.29 bits per heavy atom. The fourth-order valence-corrected chi connectivity index (χ4v) is 2.92. The Kier molecular flexibility index (Phi) is 3.57. The van der Waals surface area contributed by atoms with Crippen molar-refractivity contribution < 1.29 is 4.92 Å². The van der Waals surface area contributed by atoms with Gasteiger partial charge in [-0.3, -0.25) is 10.1 Å². The van der Waals surface area contributed by atoms with Crippen molar-refractivity contribution in [1.82, 2.24) is 4.98 Å². The zero-order valence-electron chi connectivity index (χ0n) is 8.49. The number of hydrogen-bond acceptors (Lipinski definition) is 7. The van der Waals surface area contributed by atoms with Crippen LogP contribution in [0, 0.1) is 10.1 Å². The number of hydrazine groups is 1. The van der Waals surface area contributed by atoms with Crippen molar-refractivity contribution >= 4 is 34.6 Å². The molecule has 88 valence electrons. The number of rotatable bonds is 4. The second-order valence-corrected chi connectivity index (χ2v) is 5.19. The molecule has 0 atom stereocenters. The van der Waals surface area contributed by atoms with Gasteiger partial charge < -0.3 is 5.43 Å². The SMILES string of the molecule is NNc1ccc([N+](=O)[O-])c(Sc2cccs2)n1. The number of thiophene rings is 1. The lowest BCUT2D eigenvalue weighted by molar-refractivity contribution is -0.388. The van der Waals surface area contributed by atoms with E-state index in [0.29, 0.717) is 10.8 Å². The molecule has 0 aromatic carbocycles. The average molecular weight is 268 g/mol. The van der Waals surface area contributed by atoms with Crippen LogP contribution in [0.3, 0.4) is 0 Å². The highest BCUT2D eigenvalue weighted by atomic mass is 32.2. The van der Waals surface area contributed by atoms with Crippen LogP contribution < -0.4 is 11.3 Å². The van der Waals surface area contributed by atoms with E-state index in [0.717, 1.165) is 4.21 Å². The Labute approximate surface area is 105 Å². The summed E-state index contributed by atoms with van der Waals surface area (Å²) in [6.45, 7) is 0. The standard InChI is InChI=1S/C9H8N4O2S2/c10-12-7-4-3-6(13(14)15)9(11-7)17-8-2-1-5-16-8/h1-5H,10H2,(H,11,12). The van der Waals surface area contributed by atoms with Gasteiger partial charge in [-0.05, 0) is 17.5 Å². The highest BCUT2D eigenvalue weighted by Gasteiger charge is 2.17. The summed E-state index contributed by atoms with van der Waals surface area (Å²) in [7, 11) is 0. The molecule has 0 radical (unpaired) electrons. The van der Waals surface area contributed by atoms with Crippen molar-refractivity contribution in [2.45, 2.75) is 9.24 Å². The summed E-state index contributed by atoms with van der Waals surface area (Å²) in [6, 6.07) is 6.61. The molecule has 2 aromatic rings. The first-order valence-electron chi connectivity index (χ1n) is 4.54. The summed E-state index contributed by atoms with van der Waals surface area (Å²) in [5.74, 6) is 5.63. The van der Waals surface area contributed by atoms with Crippen LogP contribution in [0.1, 0.15) is 0 Å². The van der Waals surface area contributed by atoms with Gasteiger partial charge in [0.15, 0.2) is 5.03 Å². The number of nitrogens with two attached hydrogens (primary N) is 1. The molecule has 0 bridgehead atoms. The molecule has 0 aliphatic carbocycles. The zero-order valence-corrected chi connectivity index (χ0v) is 10.1. The maximum atomic E-state index is 10.9. The lowest BCUT2D eigenvalue weighted by Crippen LogP contribution is -2.09. The first-order valence-corrected chi connectivity index (χ1v) is 6.23. The number of nitrogen functional groups attached to an aromatic ring is 1. The Morgan fingerprint density at radius 3 is 2.88 bits per heavy atom. The van der Waals surface area contributed by atoms with Gasteiger partial charge in [-0.1, -0.05) is 17.8 Å². The topological polar surface area (TPSA) is 94.1 Å². The molecule has 0 unspecified atom stereocenters. The average Bonchev–Trinajstić information content (AvgIpc) is 2.81. The smallest absolute Gasteiger partial charge is 0.301 e. The Hall–Kier alpha value is -1.64. The predicted molar refractivity (Wildman–Crippen MR) is 67.1 cm³/mol. The van der Waals surface area contributed by atoms with Crippen LogP contribution in [-0.4, -0.2) is 9.91 Å². The molecule has 3 N–H and O–H groups in total. The van der Waals surface area contributed by atoms with E-state index >= 15 is 0 Å². The molecule has 0 aliphatic rings. The van der Waals surface area contributed by atoms with Crippen molar-refractivity contribution in [2.75, 3.05) is 5.43 Å². The predicted octanol–water partition coefficient (Wildman–Crippen LogP) is 2.49. The van der Waals surface area contributed by atoms with E-state index in [1.165, 1.54) is 35.2 Å². The van der Waals surface area contributed by atoms with Crippen LogP contribution in [0.4, 0.5) is 11.5 Å². The molecule has 0 fully saturated rings. The third-order valence-corrected chi connectivity index (χ3v) is 3.91. The van der Waals surface area contributed by atoms with E-state index < -0.39 is 4.92 Å². The van der Waals surface area contributed by atoms with Gasteiger partial charge in [0, 0.05) is 6.07 Å². The molecule has 0 saturated heterocycles. The Bertz CT molecular complexity index is 530. The number of hydrogen-bond donors (Lipinski definition) is 2. The summed E-state index contributed by atoms with van der Waals surface area (Å²) in [5.41, 5.74) is 2.34. The number of aromatic nitrogens is 1. The Morgan fingerprint density at radius 1 is 1.47 bits per heavy atom. The Balaban J connectivity index is 2.38. The van der Waals surface area contributed by atoms with Crippen LogP contribution in [0.2, 0.25) is 0 Å². The number of anilines is 1. The molecular weight excluding hydrogens is 260 g/mol. The van der Waals surface area contributed by atoms with Crippen LogP contribution in [-0.2, 0) is 0 Å². The van der Waals surface area contributed by atoms with Gasteiger partial charge in [-0.2, -0.15) is 0 Å². The summed E-state index contributed by atoms with van der Waals surface area (Å²) in [6.07, 6.45) is 0. The minimum Gasteiger partial charge on any atom is -0.308 e. The number of nitrogens with zero attached hydrogens (tertiary/aromatic N) is 2. The van der Waals surface area contributed by atoms with E-state index in [2.05, 4.69) is 10.4 Å². The molecular formula is C9H8N4O2S2.